The van der Waals surface area contributed by atoms with Crippen molar-refractivity contribution in [1.29, 1.82) is 0 Å². The van der Waals surface area contributed by atoms with Crippen molar-refractivity contribution in [2.24, 2.45) is 7.05 Å². The van der Waals surface area contributed by atoms with Gasteiger partial charge in [-0.1, -0.05) is 0 Å². The SMILES string of the molecule is COc1ccc(-n2c(=O)cc(C(F)(F)F)n(C)c2=O)c2c1C(=O)C(C)(C)O2. The minimum atomic E-state index is -4.87. The van der Waals surface area contributed by atoms with Crippen molar-refractivity contribution < 1.29 is 27.4 Å². The number of ether oxygens (including phenoxy) is 2. The van der Waals surface area contributed by atoms with Gasteiger partial charge in [0.1, 0.15) is 17.0 Å². The van der Waals surface area contributed by atoms with Gasteiger partial charge in [0, 0.05) is 13.1 Å². The first-order valence-electron chi connectivity index (χ1n) is 7.75. The summed E-state index contributed by atoms with van der Waals surface area (Å²) in [4.78, 5) is 37.4. The molecule has 0 amide bonds. The number of alkyl halides is 3. The first kappa shape index (κ1) is 18.7. The third-order valence-corrected chi connectivity index (χ3v) is 4.30. The predicted molar refractivity (Wildman–Crippen MR) is 87.9 cm³/mol. The Morgan fingerprint density at radius 2 is 1.78 bits per heavy atom. The predicted octanol–water partition coefficient (Wildman–Crippen LogP) is 1.92. The summed E-state index contributed by atoms with van der Waals surface area (Å²) in [6.07, 6.45) is -4.87. The highest BCUT2D eigenvalue weighted by Gasteiger charge is 2.44. The third kappa shape index (κ3) is 2.71. The van der Waals surface area contributed by atoms with Gasteiger partial charge in [0.2, 0.25) is 5.78 Å². The van der Waals surface area contributed by atoms with E-state index in [2.05, 4.69) is 0 Å². The molecule has 1 aliphatic heterocycles. The number of hydrogen-bond acceptors (Lipinski definition) is 5. The van der Waals surface area contributed by atoms with Gasteiger partial charge in [-0.25, -0.2) is 9.36 Å². The number of fused-ring (bicyclic) bond motifs is 1. The summed E-state index contributed by atoms with van der Waals surface area (Å²) >= 11 is 0. The van der Waals surface area contributed by atoms with Crippen molar-refractivity contribution in [2.45, 2.75) is 25.6 Å². The van der Waals surface area contributed by atoms with Crippen LogP contribution in [0.25, 0.3) is 5.69 Å². The van der Waals surface area contributed by atoms with E-state index in [4.69, 9.17) is 9.47 Å². The second-order valence-corrected chi connectivity index (χ2v) is 6.48. The maximum atomic E-state index is 13.0. The van der Waals surface area contributed by atoms with Crippen molar-refractivity contribution in [3.8, 4) is 17.2 Å². The Hall–Kier alpha value is -3.04. The Morgan fingerprint density at radius 1 is 1.15 bits per heavy atom. The Kier molecular flexibility index (Phi) is 3.98. The van der Waals surface area contributed by atoms with E-state index in [1.54, 1.807) is 0 Å². The molecule has 10 heteroatoms. The lowest BCUT2D eigenvalue weighted by atomic mass is 9.98. The van der Waals surface area contributed by atoms with E-state index in [9.17, 15) is 27.6 Å². The van der Waals surface area contributed by atoms with Gasteiger partial charge in [0.25, 0.3) is 5.56 Å². The summed E-state index contributed by atoms with van der Waals surface area (Å²) in [5.74, 6) is -0.364. The Labute approximate surface area is 150 Å². The van der Waals surface area contributed by atoms with Gasteiger partial charge in [-0.3, -0.25) is 14.2 Å². The van der Waals surface area contributed by atoms with E-state index in [0.717, 1.165) is 7.05 Å². The Morgan fingerprint density at radius 3 is 2.33 bits per heavy atom. The number of halogens is 3. The number of benzene rings is 1. The number of aromatic nitrogens is 2. The van der Waals surface area contributed by atoms with Crippen molar-refractivity contribution in [3.05, 3.63) is 50.3 Å². The number of methoxy groups -OCH3 is 1. The van der Waals surface area contributed by atoms with Gasteiger partial charge < -0.3 is 9.47 Å². The highest BCUT2D eigenvalue weighted by atomic mass is 19.4. The molecule has 27 heavy (non-hydrogen) atoms. The summed E-state index contributed by atoms with van der Waals surface area (Å²) in [6.45, 7) is 2.98. The van der Waals surface area contributed by atoms with Crippen LogP contribution in [-0.4, -0.2) is 27.6 Å². The van der Waals surface area contributed by atoms with Crippen molar-refractivity contribution in [2.75, 3.05) is 7.11 Å². The van der Waals surface area contributed by atoms with E-state index >= 15 is 0 Å². The van der Waals surface area contributed by atoms with Crippen LogP contribution in [0.2, 0.25) is 0 Å². The average molecular weight is 384 g/mol. The normalized spacial score (nSPS) is 15.4. The van der Waals surface area contributed by atoms with Crippen LogP contribution in [0.15, 0.2) is 27.8 Å². The molecule has 0 aliphatic carbocycles. The lowest BCUT2D eigenvalue weighted by molar-refractivity contribution is -0.144. The molecule has 0 bridgehead atoms. The highest BCUT2D eigenvalue weighted by molar-refractivity contribution is 6.10. The van der Waals surface area contributed by atoms with E-state index in [1.807, 2.05) is 0 Å². The number of Topliss-reactive ketones (excluding diaryl/α,β-unsaturated/α-hetero) is 1. The zero-order chi connectivity index (χ0) is 20.3. The molecule has 0 saturated heterocycles. The second-order valence-electron chi connectivity index (χ2n) is 6.48. The fraction of sp³-hybridized carbons (Fsp3) is 0.353. The van der Waals surface area contributed by atoms with E-state index < -0.39 is 34.5 Å². The first-order chi connectivity index (χ1) is 12.4. The lowest BCUT2D eigenvalue weighted by Gasteiger charge is -2.18. The second kappa shape index (κ2) is 5.73. The van der Waals surface area contributed by atoms with Crippen molar-refractivity contribution >= 4 is 5.78 Å². The summed E-state index contributed by atoms with van der Waals surface area (Å²) in [5, 5.41) is 0. The summed E-state index contributed by atoms with van der Waals surface area (Å²) in [7, 11) is 2.23. The van der Waals surface area contributed by atoms with Gasteiger partial charge in [0.15, 0.2) is 11.4 Å². The summed E-state index contributed by atoms with van der Waals surface area (Å²) in [5.41, 5.74) is -5.19. The zero-order valence-electron chi connectivity index (χ0n) is 14.8. The molecule has 1 aliphatic rings. The van der Waals surface area contributed by atoms with Crippen LogP contribution < -0.4 is 20.7 Å². The van der Waals surface area contributed by atoms with Crippen molar-refractivity contribution in [1.82, 2.24) is 9.13 Å². The van der Waals surface area contributed by atoms with Crippen LogP contribution >= 0.6 is 0 Å². The molecule has 1 aromatic heterocycles. The van der Waals surface area contributed by atoms with Crippen LogP contribution in [-0.2, 0) is 13.2 Å². The van der Waals surface area contributed by atoms with Gasteiger partial charge >= 0.3 is 11.9 Å². The molecule has 3 rings (SSSR count). The highest BCUT2D eigenvalue weighted by Crippen LogP contribution is 2.43. The molecule has 2 heterocycles. The van der Waals surface area contributed by atoms with Gasteiger partial charge in [0.05, 0.1) is 12.8 Å². The fourth-order valence-electron chi connectivity index (χ4n) is 2.94. The number of ketones is 1. The molecule has 0 saturated carbocycles. The lowest BCUT2D eigenvalue weighted by Crippen LogP contribution is -2.41. The zero-order valence-corrected chi connectivity index (χ0v) is 14.8. The molecule has 144 valence electrons. The smallest absolute Gasteiger partial charge is 0.431 e. The third-order valence-electron chi connectivity index (χ3n) is 4.30. The number of carbonyl (C=O) groups excluding carboxylic acids is 1. The fourth-order valence-corrected chi connectivity index (χ4v) is 2.94. The molecule has 0 fully saturated rings. The molecule has 0 unspecified atom stereocenters. The monoisotopic (exact) mass is 384 g/mol. The number of hydrogen-bond donors (Lipinski definition) is 0. The van der Waals surface area contributed by atoms with Gasteiger partial charge in [-0.2, -0.15) is 13.2 Å². The standard InChI is InChI=1S/C17H15F3N2O5/c1-16(2)14(24)12-9(26-4)6-5-8(13(12)27-16)22-11(23)7-10(17(18,19)20)21(3)15(22)25/h5-7H,1-4H3. The van der Waals surface area contributed by atoms with Gasteiger partial charge in [-0.05, 0) is 26.0 Å². The number of nitrogens with zero attached hydrogens (tertiary/aromatic N) is 2. The summed E-state index contributed by atoms with van der Waals surface area (Å²) in [6, 6.07) is 2.95. The van der Waals surface area contributed by atoms with Crippen LogP contribution in [0.1, 0.15) is 29.9 Å². The van der Waals surface area contributed by atoms with Crippen LogP contribution in [0, 0.1) is 0 Å². The quantitative estimate of drug-likeness (QED) is 0.791. The van der Waals surface area contributed by atoms with E-state index in [1.165, 1.54) is 33.1 Å². The molecule has 2 aromatic rings. The van der Waals surface area contributed by atoms with Gasteiger partial charge in [-0.15, -0.1) is 0 Å². The number of rotatable bonds is 2. The molecule has 0 N–H and O–H groups in total. The topological polar surface area (TPSA) is 79.5 Å². The molecular weight excluding hydrogens is 369 g/mol. The van der Waals surface area contributed by atoms with E-state index in [0.29, 0.717) is 15.2 Å². The first-order valence-corrected chi connectivity index (χ1v) is 7.75. The van der Waals surface area contributed by atoms with Crippen molar-refractivity contribution in [3.63, 3.8) is 0 Å². The summed E-state index contributed by atoms with van der Waals surface area (Å²) < 4.78 is 50.7. The molecular formula is C17H15F3N2O5. The molecule has 0 atom stereocenters. The van der Waals surface area contributed by atoms with E-state index in [-0.39, 0.29) is 22.7 Å². The average Bonchev–Trinajstić information content (AvgIpc) is 2.80. The number of carbonyl (C=O) groups is 1. The molecule has 0 spiro atoms. The Balaban J connectivity index is 2.36. The minimum absolute atomic E-state index is 0.0221. The van der Waals surface area contributed by atoms with Crippen LogP contribution in [0.3, 0.4) is 0 Å². The maximum Gasteiger partial charge on any atom is 0.431 e. The Bertz CT molecular complexity index is 1080. The molecule has 0 radical (unpaired) electrons. The molecule has 7 nitrogen and oxygen atoms in total. The minimum Gasteiger partial charge on any atom is -0.496 e. The largest absolute Gasteiger partial charge is 0.496 e. The maximum absolute atomic E-state index is 13.0. The van der Waals surface area contributed by atoms with Crippen LogP contribution in [0.5, 0.6) is 11.5 Å². The molecule has 1 aromatic carbocycles. The van der Waals surface area contributed by atoms with Crippen LogP contribution in [0.4, 0.5) is 13.2 Å².